The molecule has 0 spiro atoms. The molecular weight excluding hydrogens is 144 g/mol. The second-order valence-corrected chi connectivity index (χ2v) is 4.36. The lowest BCUT2D eigenvalue weighted by atomic mass is 9.75. The van der Waals surface area contributed by atoms with Gasteiger partial charge in [-0.25, -0.2) is 0 Å². The number of hydrogen-bond acceptors (Lipinski definition) is 0. The van der Waals surface area contributed by atoms with Crippen molar-refractivity contribution >= 4 is 0 Å². The minimum atomic E-state index is 1.07. The van der Waals surface area contributed by atoms with Gasteiger partial charge in [-0.3, -0.25) is 0 Å². The summed E-state index contributed by atoms with van der Waals surface area (Å²) in [4.78, 5) is 0. The maximum Gasteiger partial charge on any atom is -0.0386 e. The molecule has 0 bridgehead atoms. The van der Waals surface area contributed by atoms with E-state index in [9.17, 15) is 0 Å². The summed E-state index contributed by atoms with van der Waals surface area (Å²) in [6, 6.07) is 0. The lowest BCUT2D eigenvalue weighted by Gasteiger charge is -2.30. The number of rotatable bonds is 4. The van der Waals surface area contributed by atoms with E-state index in [4.69, 9.17) is 0 Å². The summed E-state index contributed by atoms with van der Waals surface area (Å²) in [5.74, 6) is 2.16. The lowest BCUT2D eigenvalue weighted by molar-refractivity contribution is 0.214. The summed E-state index contributed by atoms with van der Waals surface area (Å²) in [5, 5.41) is 0. The van der Waals surface area contributed by atoms with Gasteiger partial charge in [0.2, 0.25) is 0 Å². The fourth-order valence-corrected chi connectivity index (χ4v) is 2.67. The van der Waals surface area contributed by atoms with Gasteiger partial charge in [-0.2, -0.15) is 0 Å². The molecular formula is C12H24. The maximum atomic E-state index is 2.37. The molecule has 0 amide bonds. The maximum absolute atomic E-state index is 2.37. The first-order chi connectivity index (χ1) is 5.88. The summed E-state index contributed by atoms with van der Waals surface area (Å²) in [5.41, 5.74) is 0. The molecule has 0 heterocycles. The van der Waals surface area contributed by atoms with Gasteiger partial charge in [-0.1, -0.05) is 65.2 Å². The highest BCUT2D eigenvalue weighted by Gasteiger charge is 2.22. The minimum absolute atomic E-state index is 1.07. The fourth-order valence-electron chi connectivity index (χ4n) is 2.67. The largest absolute Gasteiger partial charge is 0.0654 e. The van der Waals surface area contributed by atoms with E-state index >= 15 is 0 Å². The zero-order valence-corrected chi connectivity index (χ0v) is 8.81. The molecule has 2 atom stereocenters. The highest BCUT2D eigenvalue weighted by molar-refractivity contribution is 4.74. The Hall–Kier alpha value is 0. The van der Waals surface area contributed by atoms with Crippen LogP contribution in [0.25, 0.3) is 0 Å². The third kappa shape index (κ3) is 2.80. The van der Waals surface area contributed by atoms with Crippen LogP contribution in [-0.2, 0) is 0 Å². The summed E-state index contributed by atoms with van der Waals surface area (Å²) in [7, 11) is 0. The molecule has 1 aliphatic carbocycles. The van der Waals surface area contributed by atoms with Crippen molar-refractivity contribution in [3.8, 4) is 0 Å². The van der Waals surface area contributed by atoms with Crippen molar-refractivity contribution in [2.24, 2.45) is 11.8 Å². The van der Waals surface area contributed by atoms with E-state index in [1.54, 1.807) is 0 Å². The van der Waals surface area contributed by atoms with Crippen molar-refractivity contribution in [2.45, 2.75) is 65.2 Å². The molecule has 0 nitrogen and oxygen atoms in total. The highest BCUT2D eigenvalue weighted by Crippen LogP contribution is 2.35. The monoisotopic (exact) mass is 168 g/mol. The highest BCUT2D eigenvalue weighted by atomic mass is 14.3. The Labute approximate surface area is 77.7 Å². The molecule has 1 rings (SSSR count). The zero-order valence-electron chi connectivity index (χ0n) is 8.81. The molecule has 0 saturated heterocycles. The number of hydrogen-bond donors (Lipinski definition) is 0. The van der Waals surface area contributed by atoms with Crippen LogP contribution < -0.4 is 0 Å². The number of unbranched alkanes of at least 4 members (excludes halogenated alkanes) is 1. The molecule has 1 saturated carbocycles. The summed E-state index contributed by atoms with van der Waals surface area (Å²) >= 11 is 0. The van der Waals surface area contributed by atoms with Gasteiger partial charge in [0.25, 0.3) is 0 Å². The molecule has 1 fully saturated rings. The van der Waals surface area contributed by atoms with E-state index in [-0.39, 0.29) is 0 Å². The molecule has 0 unspecified atom stereocenters. The molecule has 0 aromatic heterocycles. The van der Waals surface area contributed by atoms with E-state index in [1.165, 1.54) is 51.4 Å². The van der Waals surface area contributed by atoms with Gasteiger partial charge in [0.1, 0.15) is 0 Å². The molecule has 0 aliphatic heterocycles. The van der Waals surface area contributed by atoms with E-state index in [1.807, 2.05) is 0 Å². The second-order valence-electron chi connectivity index (χ2n) is 4.36. The van der Waals surface area contributed by atoms with Gasteiger partial charge in [0.15, 0.2) is 0 Å². The zero-order chi connectivity index (χ0) is 8.81. The second kappa shape index (κ2) is 5.61. The van der Waals surface area contributed by atoms with Crippen LogP contribution in [0, 0.1) is 11.8 Å². The Morgan fingerprint density at radius 3 is 2.25 bits per heavy atom. The average Bonchev–Trinajstić information content (AvgIpc) is 2.15. The molecule has 0 radical (unpaired) electrons. The Bertz CT molecular complexity index is 107. The lowest BCUT2D eigenvalue weighted by Crippen LogP contribution is -2.18. The van der Waals surface area contributed by atoms with Crippen LogP contribution in [0.5, 0.6) is 0 Å². The van der Waals surface area contributed by atoms with Gasteiger partial charge in [-0.15, -0.1) is 0 Å². The van der Waals surface area contributed by atoms with Crippen LogP contribution in [0.2, 0.25) is 0 Å². The van der Waals surface area contributed by atoms with Crippen LogP contribution >= 0.6 is 0 Å². The van der Waals surface area contributed by atoms with E-state index in [0.717, 1.165) is 11.8 Å². The predicted octanol–water partition coefficient (Wildman–Crippen LogP) is 4.39. The Morgan fingerprint density at radius 2 is 1.67 bits per heavy atom. The first-order valence-corrected chi connectivity index (χ1v) is 5.88. The van der Waals surface area contributed by atoms with Crippen LogP contribution in [0.1, 0.15) is 65.2 Å². The van der Waals surface area contributed by atoms with Crippen molar-refractivity contribution in [1.82, 2.24) is 0 Å². The van der Waals surface area contributed by atoms with Crippen LogP contribution in [0.4, 0.5) is 0 Å². The van der Waals surface area contributed by atoms with Crippen LogP contribution in [0.15, 0.2) is 0 Å². The Kier molecular flexibility index (Phi) is 4.72. The molecule has 0 heteroatoms. The van der Waals surface area contributed by atoms with Gasteiger partial charge >= 0.3 is 0 Å². The minimum Gasteiger partial charge on any atom is -0.0654 e. The molecule has 0 N–H and O–H groups in total. The topological polar surface area (TPSA) is 0 Å². The smallest absolute Gasteiger partial charge is 0.0386 e. The predicted molar refractivity (Wildman–Crippen MR) is 55.3 cm³/mol. The molecule has 12 heavy (non-hydrogen) atoms. The van der Waals surface area contributed by atoms with E-state index in [2.05, 4.69) is 13.8 Å². The first kappa shape index (κ1) is 10.1. The van der Waals surface area contributed by atoms with Crippen LogP contribution in [-0.4, -0.2) is 0 Å². The van der Waals surface area contributed by atoms with Crippen molar-refractivity contribution in [3.63, 3.8) is 0 Å². The standard InChI is InChI=1S/C12H24/c1-3-5-8-12-10-7-6-9-11(12)4-2/h11-12H,3-10H2,1-2H3/t11-,12-/m0/s1. The van der Waals surface area contributed by atoms with Crippen molar-refractivity contribution in [3.05, 3.63) is 0 Å². The normalized spacial score (nSPS) is 30.5. The summed E-state index contributed by atoms with van der Waals surface area (Å²) in [6.45, 7) is 4.68. The molecule has 72 valence electrons. The SMILES string of the molecule is CCCC[C@H]1CCCC[C@@H]1CC. The molecule has 0 aromatic carbocycles. The Morgan fingerprint density at radius 1 is 1.00 bits per heavy atom. The van der Waals surface area contributed by atoms with Crippen molar-refractivity contribution in [1.29, 1.82) is 0 Å². The van der Waals surface area contributed by atoms with Gasteiger partial charge in [0, 0.05) is 0 Å². The van der Waals surface area contributed by atoms with Crippen molar-refractivity contribution < 1.29 is 0 Å². The molecule has 1 aliphatic rings. The summed E-state index contributed by atoms with van der Waals surface area (Å²) in [6.07, 6.45) is 11.8. The third-order valence-corrected chi connectivity index (χ3v) is 3.52. The average molecular weight is 168 g/mol. The Balaban J connectivity index is 2.26. The van der Waals surface area contributed by atoms with Gasteiger partial charge in [-0.05, 0) is 11.8 Å². The van der Waals surface area contributed by atoms with E-state index < -0.39 is 0 Å². The van der Waals surface area contributed by atoms with Gasteiger partial charge < -0.3 is 0 Å². The van der Waals surface area contributed by atoms with Crippen LogP contribution in [0.3, 0.4) is 0 Å². The summed E-state index contributed by atoms with van der Waals surface area (Å²) < 4.78 is 0. The molecule has 0 aromatic rings. The third-order valence-electron chi connectivity index (χ3n) is 3.52. The quantitative estimate of drug-likeness (QED) is 0.584. The van der Waals surface area contributed by atoms with Gasteiger partial charge in [0.05, 0.1) is 0 Å². The first-order valence-electron chi connectivity index (χ1n) is 5.88. The van der Waals surface area contributed by atoms with E-state index in [0.29, 0.717) is 0 Å². The van der Waals surface area contributed by atoms with Crippen molar-refractivity contribution in [2.75, 3.05) is 0 Å². The fraction of sp³-hybridized carbons (Fsp3) is 1.00.